The summed E-state index contributed by atoms with van der Waals surface area (Å²) in [4.78, 5) is 24.1. The maximum atomic E-state index is 12.6. The molecular formula is C32H35N3O4. The third kappa shape index (κ3) is 7.87. The lowest BCUT2D eigenvalue weighted by atomic mass is 9.97. The highest BCUT2D eigenvalue weighted by Gasteiger charge is 2.15. The van der Waals surface area contributed by atoms with Crippen LogP contribution < -0.4 is 5.32 Å². The molecule has 39 heavy (non-hydrogen) atoms. The van der Waals surface area contributed by atoms with E-state index >= 15 is 0 Å². The number of carbonyl (C=O) groups excluding carboxylic acids is 2. The van der Waals surface area contributed by atoms with Gasteiger partial charge in [-0.15, -0.1) is 10.2 Å². The van der Waals surface area contributed by atoms with Crippen LogP contribution in [0.3, 0.4) is 0 Å². The molecule has 1 aromatic heterocycles. The van der Waals surface area contributed by atoms with Crippen LogP contribution in [-0.4, -0.2) is 28.6 Å². The molecule has 202 valence electrons. The molecule has 0 saturated carbocycles. The van der Waals surface area contributed by atoms with Crippen molar-refractivity contribution in [3.05, 3.63) is 90.0 Å². The highest BCUT2D eigenvalue weighted by molar-refractivity contribution is 5.96. The van der Waals surface area contributed by atoms with E-state index in [0.29, 0.717) is 36.8 Å². The molecule has 0 spiro atoms. The van der Waals surface area contributed by atoms with Gasteiger partial charge >= 0.3 is 5.97 Å². The molecule has 4 aromatic rings. The summed E-state index contributed by atoms with van der Waals surface area (Å²) < 4.78 is 10.8. The quantitative estimate of drug-likeness (QED) is 0.133. The van der Waals surface area contributed by atoms with Crippen molar-refractivity contribution in [2.75, 3.05) is 11.9 Å². The predicted molar refractivity (Wildman–Crippen MR) is 152 cm³/mol. The van der Waals surface area contributed by atoms with Crippen molar-refractivity contribution in [1.29, 1.82) is 0 Å². The fourth-order valence-corrected chi connectivity index (χ4v) is 4.35. The molecular weight excluding hydrogens is 490 g/mol. The minimum atomic E-state index is -0.257. The maximum Gasteiger partial charge on any atom is 0.305 e. The molecule has 7 heteroatoms. The van der Waals surface area contributed by atoms with Crippen molar-refractivity contribution >= 4 is 17.4 Å². The van der Waals surface area contributed by atoms with E-state index in [-0.39, 0.29) is 24.2 Å². The number of ketones is 1. The van der Waals surface area contributed by atoms with Gasteiger partial charge in [0.1, 0.15) is 0 Å². The fraction of sp³-hybridized carbons (Fsp3) is 0.312. The van der Waals surface area contributed by atoms with Gasteiger partial charge in [-0.25, -0.2) is 0 Å². The average molecular weight is 526 g/mol. The second kappa shape index (κ2) is 14.0. The third-order valence-corrected chi connectivity index (χ3v) is 6.49. The Morgan fingerprint density at radius 2 is 1.49 bits per heavy atom. The smallest absolute Gasteiger partial charge is 0.305 e. The number of unbranched alkanes of at least 4 members (excludes halogenated alkanes) is 1. The van der Waals surface area contributed by atoms with E-state index in [4.69, 9.17) is 9.15 Å². The van der Waals surface area contributed by atoms with Crippen LogP contribution in [0.25, 0.3) is 22.9 Å². The molecule has 1 atom stereocenters. The standard InChI is InChI=1S/C32H35N3O4/c1-3-5-12-28(23-15-17-24(18-16-23)29(36)13-9-14-30(37)38-4-2)33-27-21-19-26(20-22-27)32-35-34-31(39-32)25-10-7-6-8-11-25/h6-8,10-11,15-22,28,33H,3-5,9,12-14H2,1-2H3. The van der Waals surface area contributed by atoms with Gasteiger partial charge in [-0.2, -0.15) is 0 Å². The van der Waals surface area contributed by atoms with E-state index < -0.39 is 0 Å². The Balaban J connectivity index is 1.39. The molecule has 7 nitrogen and oxygen atoms in total. The Hall–Kier alpha value is -4.26. The summed E-state index contributed by atoms with van der Waals surface area (Å²) in [6.45, 7) is 4.32. The molecule has 0 amide bonds. The molecule has 0 fully saturated rings. The lowest BCUT2D eigenvalue weighted by Crippen LogP contribution is -2.11. The molecule has 0 radical (unpaired) electrons. The second-order valence-electron chi connectivity index (χ2n) is 9.40. The Bertz CT molecular complexity index is 1330. The van der Waals surface area contributed by atoms with Crippen molar-refractivity contribution in [2.24, 2.45) is 0 Å². The summed E-state index contributed by atoms with van der Waals surface area (Å²) in [5, 5.41) is 12.0. The zero-order valence-corrected chi connectivity index (χ0v) is 22.6. The Labute approximate surface area is 229 Å². The summed E-state index contributed by atoms with van der Waals surface area (Å²) in [5.41, 5.74) is 4.52. The first-order valence-electron chi connectivity index (χ1n) is 13.6. The zero-order chi connectivity index (χ0) is 27.5. The number of aromatic nitrogens is 2. The van der Waals surface area contributed by atoms with Crippen molar-refractivity contribution in [2.45, 2.75) is 58.4 Å². The molecule has 0 aliphatic rings. The predicted octanol–water partition coefficient (Wildman–Crippen LogP) is 7.66. The normalized spacial score (nSPS) is 11.6. The van der Waals surface area contributed by atoms with Crippen LogP contribution in [0.4, 0.5) is 5.69 Å². The lowest BCUT2D eigenvalue weighted by molar-refractivity contribution is -0.143. The van der Waals surface area contributed by atoms with Crippen LogP contribution >= 0.6 is 0 Å². The molecule has 3 aromatic carbocycles. The number of benzene rings is 3. The number of ether oxygens (including phenoxy) is 1. The minimum Gasteiger partial charge on any atom is -0.466 e. The monoisotopic (exact) mass is 525 g/mol. The SMILES string of the molecule is CCCCC(Nc1ccc(-c2nnc(-c3ccccc3)o2)cc1)c1ccc(C(=O)CCCC(=O)OCC)cc1. The molecule has 0 aliphatic heterocycles. The van der Waals surface area contributed by atoms with E-state index in [1.54, 1.807) is 6.92 Å². The molecule has 0 saturated heterocycles. The Morgan fingerprint density at radius 3 is 2.13 bits per heavy atom. The summed E-state index contributed by atoms with van der Waals surface area (Å²) in [6, 6.07) is 25.6. The largest absolute Gasteiger partial charge is 0.466 e. The summed E-state index contributed by atoms with van der Waals surface area (Å²) in [5.74, 6) is 0.752. The van der Waals surface area contributed by atoms with Crippen LogP contribution in [0.5, 0.6) is 0 Å². The van der Waals surface area contributed by atoms with Gasteiger partial charge in [0.25, 0.3) is 0 Å². The number of esters is 1. The zero-order valence-electron chi connectivity index (χ0n) is 22.6. The van der Waals surface area contributed by atoms with E-state index in [1.807, 2.05) is 78.9 Å². The van der Waals surface area contributed by atoms with Gasteiger partial charge in [0.15, 0.2) is 5.78 Å². The van der Waals surface area contributed by atoms with Gasteiger partial charge in [0.2, 0.25) is 11.8 Å². The fourth-order valence-electron chi connectivity index (χ4n) is 4.35. The summed E-state index contributed by atoms with van der Waals surface area (Å²) in [6.07, 6.45) is 4.22. The lowest BCUT2D eigenvalue weighted by Gasteiger charge is -2.21. The first-order valence-corrected chi connectivity index (χ1v) is 13.6. The third-order valence-electron chi connectivity index (χ3n) is 6.49. The second-order valence-corrected chi connectivity index (χ2v) is 9.40. The van der Waals surface area contributed by atoms with Crippen LogP contribution in [0.1, 0.15) is 74.3 Å². The van der Waals surface area contributed by atoms with Crippen LogP contribution in [-0.2, 0) is 9.53 Å². The van der Waals surface area contributed by atoms with Gasteiger partial charge < -0.3 is 14.5 Å². The van der Waals surface area contributed by atoms with Gasteiger partial charge in [0.05, 0.1) is 12.6 Å². The minimum absolute atomic E-state index is 0.0379. The van der Waals surface area contributed by atoms with E-state index in [1.165, 1.54) is 0 Å². The van der Waals surface area contributed by atoms with E-state index in [2.05, 4.69) is 22.4 Å². The number of nitrogens with zero attached hydrogens (tertiary/aromatic N) is 2. The molecule has 1 heterocycles. The van der Waals surface area contributed by atoms with Gasteiger partial charge in [-0.3, -0.25) is 9.59 Å². The number of rotatable bonds is 14. The van der Waals surface area contributed by atoms with Crippen LogP contribution in [0.2, 0.25) is 0 Å². The number of nitrogens with one attached hydrogen (secondary N) is 1. The molecule has 4 rings (SSSR count). The average Bonchev–Trinajstić information content (AvgIpc) is 3.47. The highest BCUT2D eigenvalue weighted by Crippen LogP contribution is 2.28. The molecule has 1 N–H and O–H groups in total. The van der Waals surface area contributed by atoms with Crippen LogP contribution in [0.15, 0.2) is 83.3 Å². The summed E-state index contributed by atoms with van der Waals surface area (Å²) in [7, 11) is 0. The van der Waals surface area contributed by atoms with Crippen molar-refractivity contribution in [3.8, 4) is 22.9 Å². The maximum absolute atomic E-state index is 12.6. The highest BCUT2D eigenvalue weighted by atomic mass is 16.5. The van der Waals surface area contributed by atoms with Crippen molar-refractivity contribution in [3.63, 3.8) is 0 Å². The first kappa shape index (κ1) is 27.8. The Kier molecular flexibility index (Phi) is 10.0. The topological polar surface area (TPSA) is 94.3 Å². The molecule has 1 unspecified atom stereocenters. The number of hydrogen-bond acceptors (Lipinski definition) is 7. The van der Waals surface area contributed by atoms with E-state index in [9.17, 15) is 9.59 Å². The number of hydrogen-bond donors (Lipinski definition) is 1. The van der Waals surface area contributed by atoms with Crippen molar-refractivity contribution in [1.82, 2.24) is 10.2 Å². The van der Waals surface area contributed by atoms with Crippen LogP contribution in [0, 0.1) is 0 Å². The first-order chi connectivity index (χ1) is 19.1. The van der Waals surface area contributed by atoms with Gasteiger partial charge in [-0.05, 0) is 61.7 Å². The summed E-state index contributed by atoms with van der Waals surface area (Å²) >= 11 is 0. The van der Waals surface area contributed by atoms with Gasteiger partial charge in [0, 0.05) is 35.2 Å². The molecule has 0 aliphatic carbocycles. The number of Topliss-reactive ketones (excluding diaryl/α,β-unsaturated/α-hetero) is 1. The van der Waals surface area contributed by atoms with Gasteiger partial charge in [-0.1, -0.05) is 62.2 Å². The number of anilines is 1. The van der Waals surface area contributed by atoms with E-state index in [0.717, 1.165) is 41.6 Å². The molecule has 0 bridgehead atoms. The Morgan fingerprint density at radius 1 is 0.821 bits per heavy atom. The number of carbonyl (C=O) groups is 2. The van der Waals surface area contributed by atoms with Crippen molar-refractivity contribution < 1.29 is 18.7 Å².